The number of hydrogen-bond acceptors (Lipinski definition) is 2. The van der Waals surface area contributed by atoms with E-state index in [9.17, 15) is 0 Å². The largest absolute Gasteiger partial charge is 0.384 e. The fourth-order valence-electron chi connectivity index (χ4n) is 2.27. The molecule has 2 nitrogen and oxygen atoms in total. The van der Waals surface area contributed by atoms with Crippen LogP contribution in [0.1, 0.15) is 24.3 Å². The topological polar surface area (TPSA) is 15.3 Å². The van der Waals surface area contributed by atoms with Gasteiger partial charge in [0.05, 0.1) is 0 Å². The monoisotopic (exact) mass is 204 g/mol. The maximum absolute atomic E-state index is 3.47. The highest BCUT2D eigenvalue weighted by Crippen LogP contribution is 2.33. The zero-order chi connectivity index (χ0) is 10.7. The molecule has 1 aliphatic heterocycles. The van der Waals surface area contributed by atoms with E-state index in [4.69, 9.17) is 0 Å². The van der Waals surface area contributed by atoms with Crippen LogP contribution in [-0.2, 0) is 0 Å². The molecule has 1 aliphatic rings. The Morgan fingerprint density at radius 1 is 1.33 bits per heavy atom. The molecule has 0 saturated carbocycles. The number of nitrogens with zero attached hydrogens (tertiary/aromatic N) is 1. The Labute approximate surface area is 92.3 Å². The molecule has 0 spiro atoms. The Morgan fingerprint density at radius 2 is 2.13 bits per heavy atom. The second-order valence-corrected chi connectivity index (χ2v) is 4.61. The second kappa shape index (κ2) is 4.67. The summed E-state index contributed by atoms with van der Waals surface area (Å²) in [7, 11) is 4.28. The van der Waals surface area contributed by atoms with Gasteiger partial charge in [-0.15, -0.1) is 0 Å². The SMILES string of the molecule is CN(C)CCCC1CNc2ccccc21. The van der Waals surface area contributed by atoms with Crippen molar-refractivity contribution in [1.82, 2.24) is 4.90 Å². The quantitative estimate of drug-likeness (QED) is 0.810. The highest BCUT2D eigenvalue weighted by molar-refractivity contribution is 5.57. The van der Waals surface area contributed by atoms with Crippen molar-refractivity contribution in [3.05, 3.63) is 29.8 Å². The van der Waals surface area contributed by atoms with E-state index in [0.717, 1.165) is 12.5 Å². The normalized spacial score (nSPS) is 19.0. The van der Waals surface area contributed by atoms with Gasteiger partial charge in [0.1, 0.15) is 0 Å². The van der Waals surface area contributed by atoms with Gasteiger partial charge in [-0.05, 0) is 45.1 Å². The lowest BCUT2D eigenvalue weighted by Gasteiger charge is -2.13. The molecular weight excluding hydrogens is 184 g/mol. The van der Waals surface area contributed by atoms with Crippen molar-refractivity contribution in [2.24, 2.45) is 0 Å². The molecule has 0 bridgehead atoms. The van der Waals surface area contributed by atoms with E-state index >= 15 is 0 Å². The summed E-state index contributed by atoms with van der Waals surface area (Å²) >= 11 is 0. The first kappa shape index (κ1) is 10.5. The van der Waals surface area contributed by atoms with Gasteiger partial charge in [0.25, 0.3) is 0 Å². The van der Waals surface area contributed by atoms with Crippen LogP contribution in [0.3, 0.4) is 0 Å². The average molecular weight is 204 g/mol. The van der Waals surface area contributed by atoms with Crippen LogP contribution in [0.25, 0.3) is 0 Å². The van der Waals surface area contributed by atoms with Gasteiger partial charge in [-0.2, -0.15) is 0 Å². The Bertz CT molecular complexity index is 320. The minimum Gasteiger partial charge on any atom is -0.384 e. The van der Waals surface area contributed by atoms with E-state index in [1.54, 1.807) is 0 Å². The molecule has 0 aliphatic carbocycles. The van der Waals surface area contributed by atoms with Crippen molar-refractivity contribution in [2.45, 2.75) is 18.8 Å². The Balaban J connectivity index is 1.90. The van der Waals surface area contributed by atoms with E-state index in [1.165, 1.54) is 30.6 Å². The van der Waals surface area contributed by atoms with Crippen LogP contribution >= 0.6 is 0 Å². The summed E-state index contributed by atoms with van der Waals surface area (Å²) in [6, 6.07) is 8.69. The van der Waals surface area contributed by atoms with Crippen molar-refractivity contribution in [3.63, 3.8) is 0 Å². The molecule has 1 aromatic carbocycles. The van der Waals surface area contributed by atoms with Crippen LogP contribution in [0.2, 0.25) is 0 Å². The second-order valence-electron chi connectivity index (χ2n) is 4.61. The van der Waals surface area contributed by atoms with Gasteiger partial charge >= 0.3 is 0 Å². The van der Waals surface area contributed by atoms with E-state index in [1.807, 2.05) is 0 Å². The van der Waals surface area contributed by atoms with E-state index < -0.39 is 0 Å². The third-order valence-electron chi connectivity index (χ3n) is 3.10. The molecular formula is C13H20N2. The minimum absolute atomic E-state index is 0.723. The molecule has 1 unspecified atom stereocenters. The fraction of sp³-hybridized carbons (Fsp3) is 0.538. The first-order valence-electron chi connectivity index (χ1n) is 5.75. The first-order valence-corrected chi connectivity index (χ1v) is 5.75. The molecule has 2 heteroatoms. The molecule has 0 saturated heterocycles. The van der Waals surface area contributed by atoms with Crippen LogP contribution in [-0.4, -0.2) is 32.1 Å². The number of benzene rings is 1. The molecule has 82 valence electrons. The number of rotatable bonds is 4. The van der Waals surface area contributed by atoms with Gasteiger partial charge in [-0.1, -0.05) is 18.2 Å². The molecule has 1 atom stereocenters. The summed E-state index contributed by atoms with van der Waals surface area (Å²) in [6.07, 6.45) is 2.58. The van der Waals surface area contributed by atoms with E-state index in [-0.39, 0.29) is 0 Å². The highest BCUT2D eigenvalue weighted by atomic mass is 15.0. The maximum atomic E-state index is 3.47. The Hall–Kier alpha value is -1.02. The average Bonchev–Trinajstić information content (AvgIpc) is 2.62. The Morgan fingerprint density at radius 3 is 2.93 bits per heavy atom. The van der Waals surface area contributed by atoms with Crippen molar-refractivity contribution >= 4 is 5.69 Å². The minimum atomic E-state index is 0.723. The molecule has 0 radical (unpaired) electrons. The number of hydrogen-bond donors (Lipinski definition) is 1. The molecule has 1 aromatic rings. The highest BCUT2D eigenvalue weighted by Gasteiger charge is 2.20. The number of para-hydroxylation sites is 1. The summed E-state index contributed by atoms with van der Waals surface area (Å²) in [5.41, 5.74) is 2.85. The predicted molar refractivity (Wildman–Crippen MR) is 65.5 cm³/mol. The van der Waals surface area contributed by atoms with Crippen LogP contribution < -0.4 is 5.32 Å². The Kier molecular flexibility index (Phi) is 3.27. The molecule has 0 aromatic heterocycles. The van der Waals surface area contributed by atoms with Crippen LogP contribution in [0.4, 0.5) is 5.69 Å². The van der Waals surface area contributed by atoms with Gasteiger partial charge in [-0.3, -0.25) is 0 Å². The van der Waals surface area contributed by atoms with Gasteiger partial charge in [-0.25, -0.2) is 0 Å². The summed E-state index contributed by atoms with van der Waals surface area (Å²) in [4.78, 5) is 2.26. The fourth-order valence-corrected chi connectivity index (χ4v) is 2.27. The van der Waals surface area contributed by atoms with Crippen molar-refractivity contribution < 1.29 is 0 Å². The van der Waals surface area contributed by atoms with Gasteiger partial charge in [0, 0.05) is 18.2 Å². The molecule has 0 fully saturated rings. The molecule has 1 heterocycles. The van der Waals surface area contributed by atoms with Crippen LogP contribution in [0.15, 0.2) is 24.3 Å². The van der Waals surface area contributed by atoms with Gasteiger partial charge < -0.3 is 10.2 Å². The molecule has 2 rings (SSSR count). The van der Waals surface area contributed by atoms with Crippen LogP contribution in [0.5, 0.6) is 0 Å². The first-order chi connectivity index (χ1) is 7.27. The third-order valence-corrected chi connectivity index (χ3v) is 3.10. The van der Waals surface area contributed by atoms with Crippen molar-refractivity contribution in [1.29, 1.82) is 0 Å². The van der Waals surface area contributed by atoms with Gasteiger partial charge in [0.2, 0.25) is 0 Å². The molecule has 1 N–H and O–H groups in total. The number of anilines is 1. The number of nitrogens with one attached hydrogen (secondary N) is 1. The lowest BCUT2D eigenvalue weighted by molar-refractivity contribution is 0.387. The lowest BCUT2D eigenvalue weighted by atomic mass is 9.96. The van der Waals surface area contributed by atoms with Crippen molar-refractivity contribution in [2.75, 3.05) is 32.5 Å². The van der Waals surface area contributed by atoms with E-state index in [0.29, 0.717) is 0 Å². The lowest BCUT2D eigenvalue weighted by Crippen LogP contribution is -2.14. The standard InChI is InChI=1S/C13H20N2/c1-15(2)9-5-6-11-10-14-13-8-4-3-7-12(11)13/h3-4,7-8,11,14H,5-6,9-10H2,1-2H3. The maximum Gasteiger partial charge on any atom is 0.0376 e. The summed E-state index contributed by atoms with van der Waals surface area (Å²) in [5, 5.41) is 3.47. The number of fused-ring (bicyclic) bond motifs is 1. The third kappa shape index (κ3) is 2.51. The summed E-state index contributed by atoms with van der Waals surface area (Å²) < 4.78 is 0. The smallest absolute Gasteiger partial charge is 0.0376 e. The predicted octanol–water partition coefficient (Wildman–Crippen LogP) is 2.54. The van der Waals surface area contributed by atoms with Gasteiger partial charge in [0.15, 0.2) is 0 Å². The summed E-state index contributed by atoms with van der Waals surface area (Å²) in [5.74, 6) is 0.723. The van der Waals surface area contributed by atoms with Crippen molar-refractivity contribution in [3.8, 4) is 0 Å². The molecule has 15 heavy (non-hydrogen) atoms. The van der Waals surface area contributed by atoms with Crippen LogP contribution in [0, 0.1) is 0 Å². The zero-order valence-corrected chi connectivity index (χ0v) is 9.66. The molecule has 0 amide bonds. The van der Waals surface area contributed by atoms with E-state index in [2.05, 4.69) is 48.6 Å². The summed E-state index contributed by atoms with van der Waals surface area (Å²) in [6.45, 7) is 2.31. The zero-order valence-electron chi connectivity index (χ0n) is 9.66.